The number of nitrogens with zero attached hydrogens (tertiary/aromatic N) is 2. The third kappa shape index (κ3) is 2.12. The zero-order chi connectivity index (χ0) is 16.9. The summed E-state index contributed by atoms with van der Waals surface area (Å²) in [6.07, 6.45) is -1.43. The molecule has 0 saturated heterocycles. The number of rotatable bonds is 1. The molecule has 0 aliphatic heterocycles. The number of Topliss-reactive ketones (excluding diaryl/α,β-unsaturated/α-hetero) is 2. The van der Waals surface area contributed by atoms with Gasteiger partial charge in [-0.1, -0.05) is 6.07 Å². The number of hydrogen-bond acceptors (Lipinski definition) is 5. The average molecular weight is 287 g/mol. The Morgan fingerprint density at radius 2 is 2.24 bits per heavy atom. The number of nitrogens with two attached hydrogens (primary N) is 1. The quantitative estimate of drug-likeness (QED) is 0.627. The highest BCUT2D eigenvalue weighted by atomic mass is 16.2. The number of fused-ring (bicyclic) bond motifs is 1. The first-order valence-corrected chi connectivity index (χ1v) is 6.57. The van der Waals surface area contributed by atoms with E-state index in [0.717, 1.165) is 0 Å². The summed E-state index contributed by atoms with van der Waals surface area (Å²) in [7, 11) is 0. The number of nitrogen functional groups attached to an aromatic ring is 1. The molecule has 2 unspecified atom stereocenters. The first kappa shape index (κ1) is 11.2. The second kappa shape index (κ2) is 4.80. The molecule has 0 amide bonds. The van der Waals surface area contributed by atoms with Crippen molar-refractivity contribution in [3.63, 3.8) is 0 Å². The molecule has 2 aromatic rings. The largest absolute Gasteiger partial charge is 0.398 e. The van der Waals surface area contributed by atoms with E-state index in [1.54, 1.807) is 6.92 Å². The monoisotopic (exact) mass is 287 g/mol. The molecule has 1 aliphatic carbocycles. The van der Waals surface area contributed by atoms with Gasteiger partial charge in [-0.3, -0.25) is 19.0 Å². The molecule has 1 fully saturated rings. The van der Waals surface area contributed by atoms with Crippen LogP contribution < -0.4 is 11.3 Å². The summed E-state index contributed by atoms with van der Waals surface area (Å²) in [6, 6.07) is 2.11. The molecule has 1 heterocycles. The van der Waals surface area contributed by atoms with Gasteiger partial charge in [0.25, 0.3) is 5.56 Å². The SMILES string of the molecule is [2H]c1ccc2nc(C)n(C3CC([2H])C(=O)CC3=O)c(=O)c2c1N. The van der Waals surface area contributed by atoms with Crippen LogP contribution in [0.3, 0.4) is 0 Å². The standard InChI is InChI=1S/C15H15N3O3/c1-8-17-11-4-2-3-10(16)14(11)15(21)18(8)12-6-5-9(19)7-13(12)20/h2-4,12H,5-7,16H2,1H3/i3D,5D. The summed E-state index contributed by atoms with van der Waals surface area (Å²) < 4.78 is 16.7. The Labute approximate surface area is 123 Å². The fourth-order valence-electron chi connectivity index (χ4n) is 2.67. The Morgan fingerprint density at radius 1 is 1.48 bits per heavy atom. The topological polar surface area (TPSA) is 95.0 Å². The van der Waals surface area contributed by atoms with Gasteiger partial charge < -0.3 is 5.73 Å². The Bertz CT molecular complexity index is 907. The number of benzene rings is 1. The summed E-state index contributed by atoms with van der Waals surface area (Å²) in [5.74, 6) is -0.511. The second-order valence-electron chi connectivity index (χ2n) is 5.05. The van der Waals surface area contributed by atoms with Gasteiger partial charge >= 0.3 is 0 Å². The van der Waals surface area contributed by atoms with Crippen molar-refractivity contribution >= 4 is 28.2 Å². The third-order valence-corrected chi connectivity index (χ3v) is 3.67. The first-order chi connectivity index (χ1) is 10.8. The fraction of sp³-hybridized carbons (Fsp3) is 0.333. The van der Waals surface area contributed by atoms with E-state index in [9.17, 15) is 14.4 Å². The Morgan fingerprint density at radius 3 is 3.00 bits per heavy atom. The van der Waals surface area contributed by atoms with Gasteiger partial charge in [-0.05, 0) is 25.5 Å². The van der Waals surface area contributed by atoms with Gasteiger partial charge in [0, 0.05) is 13.5 Å². The van der Waals surface area contributed by atoms with Crippen LogP contribution in [0, 0.1) is 6.92 Å². The average Bonchev–Trinajstić information content (AvgIpc) is 2.48. The minimum Gasteiger partial charge on any atom is -0.398 e. The molecule has 0 radical (unpaired) electrons. The van der Waals surface area contributed by atoms with Crippen LogP contribution in [0.5, 0.6) is 0 Å². The van der Waals surface area contributed by atoms with Crippen LogP contribution in [-0.2, 0) is 9.59 Å². The van der Waals surface area contributed by atoms with Gasteiger partial charge in [-0.25, -0.2) is 4.98 Å². The molecular weight excluding hydrogens is 270 g/mol. The Kier molecular flexibility index (Phi) is 2.56. The van der Waals surface area contributed by atoms with E-state index in [1.165, 1.54) is 16.7 Å². The van der Waals surface area contributed by atoms with E-state index in [4.69, 9.17) is 8.48 Å². The number of carbonyl (C=O) groups excluding carboxylic acids is 2. The normalized spacial score (nSPS) is 24.0. The van der Waals surface area contributed by atoms with Crippen molar-refractivity contribution < 1.29 is 12.3 Å². The lowest BCUT2D eigenvalue weighted by molar-refractivity contribution is -0.132. The van der Waals surface area contributed by atoms with Gasteiger partial charge in [0.05, 0.1) is 24.7 Å². The number of anilines is 1. The summed E-state index contributed by atoms with van der Waals surface area (Å²) in [4.78, 5) is 40.8. The molecule has 3 rings (SSSR count). The predicted molar refractivity (Wildman–Crippen MR) is 78.1 cm³/mol. The molecule has 1 aliphatic rings. The van der Waals surface area contributed by atoms with E-state index in [2.05, 4.69) is 4.98 Å². The molecule has 6 heteroatoms. The molecule has 1 aromatic carbocycles. The van der Waals surface area contributed by atoms with Crippen molar-refractivity contribution in [2.24, 2.45) is 0 Å². The molecule has 108 valence electrons. The second-order valence-corrected chi connectivity index (χ2v) is 5.05. The molecule has 2 N–H and O–H groups in total. The highest BCUT2D eigenvalue weighted by molar-refractivity contribution is 6.03. The van der Waals surface area contributed by atoms with Crippen molar-refractivity contribution in [1.29, 1.82) is 0 Å². The van der Waals surface area contributed by atoms with Crippen LogP contribution >= 0.6 is 0 Å². The molecule has 0 spiro atoms. The molecular formula is C15H15N3O3. The van der Waals surface area contributed by atoms with Crippen LogP contribution in [0.4, 0.5) is 5.69 Å². The van der Waals surface area contributed by atoms with Gasteiger partial charge in [-0.15, -0.1) is 0 Å². The van der Waals surface area contributed by atoms with E-state index in [0.29, 0.717) is 11.3 Å². The lowest BCUT2D eigenvalue weighted by Crippen LogP contribution is -2.36. The minimum atomic E-state index is -1.03. The number of aryl methyl sites for hydroxylation is 1. The van der Waals surface area contributed by atoms with Crippen molar-refractivity contribution in [3.8, 4) is 0 Å². The molecule has 1 saturated carbocycles. The zero-order valence-electron chi connectivity index (χ0n) is 13.4. The van der Waals surface area contributed by atoms with Crippen LogP contribution in [0.25, 0.3) is 10.9 Å². The van der Waals surface area contributed by atoms with Crippen molar-refractivity contribution in [2.45, 2.75) is 32.2 Å². The maximum absolute atomic E-state index is 12.8. The highest BCUT2D eigenvalue weighted by Gasteiger charge is 2.30. The van der Waals surface area contributed by atoms with E-state index in [1.807, 2.05) is 0 Å². The van der Waals surface area contributed by atoms with E-state index in [-0.39, 0.29) is 30.0 Å². The number of carbonyl (C=O) groups is 2. The molecule has 0 bridgehead atoms. The summed E-state index contributed by atoms with van der Waals surface area (Å²) >= 11 is 0. The predicted octanol–water partition coefficient (Wildman–Crippen LogP) is 1.15. The van der Waals surface area contributed by atoms with Gasteiger partial charge in [-0.2, -0.15) is 0 Å². The van der Waals surface area contributed by atoms with Crippen LogP contribution in [-0.4, -0.2) is 21.1 Å². The van der Waals surface area contributed by atoms with Gasteiger partial charge in [0.2, 0.25) is 0 Å². The minimum absolute atomic E-state index is 0.00956. The highest BCUT2D eigenvalue weighted by Crippen LogP contribution is 2.24. The van der Waals surface area contributed by atoms with Gasteiger partial charge in [0.15, 0.2) is 5.78 Å². The Hall–Kier alpha value is -2.50. The van der Waals surface area contributed by atoms with Crippen LogP contribution in [0.1, 0.15) is 33.8 Å². The summed E-state index contributed by atoms with van der Waals surface area (Å²) in [5.41, 5.74) is 5.69. The summed E-state index contributed by atoms with van der Waals surface area (Å²) in [5, 5.41) is 0.0920. The van der Waals surface area contributed by atoms with E-state index >= 15 is 0 Å². The zero-order valence-corrected chi connectivity index (χ0v) is 11.4. The lowest BCUT2D eigenvalue weighted by Gasteiger charge is -2.24. The number of hydrogen-bond donors (Lipinski definition) is 1. The van der Waals surface area contributed by atoms with Crippen LogP contribution in [0.2, 0.25) is 0 Å². The molecule has 1 aromatic heterocycles. The van der Waals surface area contributed by atoms with Gasteiger partial charge in [0.1, 0.15) is 11.6 Å². The lowest BCUT2D eigenvalue weighted by atomic mass is 9.92. The van der Waals surface area contributed by atoms with Crippen LogP contribution in [0.15, 0.2) is 23.0 Å². The smallest absolute Gasteiger partial charge is 0.264 e. The molecule has 6 nitrogen and oxygen atoms in total. The number of aromatic nitrogens is 2. The van der Waals surface area contributed by atoms with Crippen molar-refractivity contribution in [1.82, 2.24) is 9.55 Å². The summed E-state index contributed by atoms with van der Waals surface area (Å²) in [6.45, 7) is 1.59. The van der Waals surface area contributed by atoms with E-state index < -0.39 is 29.6 Å². The Balaban J connectivity index is 2.26. The maximum atomic E-state index is 12.8. The molecule has 21 heavy (non-hydrogen) atoms. The fourth-order valence-corrected chi connectivity index (χ4v) is 2.67. The van der Waals surface area contributed by atoms with Crippen molar-refractivity contribution in [3.05, 3.63) is 34.4 Å². The maximum Gasteiger partial charge on any atom is 0.264 e. The number of ketones is 2. The molecule has 2 atom stereocenters. The first-order valence-electron chi connectivity index (χ1n) is 7.64. The third-order valence-electron chi connectivity index (χ3n) is 3.67. The van der Waals surface area contributed by atoms with Crippen molar-refractivity contribution in [2.75, 3.05) is 5.73 Å².